The van der Waals surface area contributed by atoms with Crippen LogP contribution in [0.3, 0.4) is 0 Å². The fourth-order valence-corrected chi connectivity index (χ4v) is 4.49. The van der Waals surface area contributed by atoms with E-state index in [1.165, 1.54) is 0 Å². The highest BCUT2D eigenvalue weighted by Crippen LogP contribution is 2.28. The van der Waals surface area contributed by atoms with Crippen molar-refractivity contribution < 1.29 is 19.1 Å². The van der Waals surface area contributed by atoms with Crippen molar-refractivity contribution in [1.82, 2.24) is 19.4 Å². The van der Waals surface area contributed by atoms with Gasteiger partial charge in [0.1, 0.15) is 17.5 Å². The zero-order valence-electron chi connectivity index (χ0n) is 17.6. The number of benzene rings is 1. The summed E-state index contributed by atoms with van der Waals surface area (Å²) in [5.74, 6) is 0.636. The fourth-order valence-electron chi connectivity index (χ4n) is 4.11. The number of imidazole rings is 1. The van der Waals surface area contributed by atoms with Crippen LogP contribution in [0.1, 0.15) is 23.3 Å². The lowest BCUT2D eigenvalue weighted by Gasteiger charge is -2.39. The summed E-state index contributed by atoms with van der Waals surface area (Å²) in [6, 6.07) is 7.71. The van der Waals surface area contributed by atoms with Gasteiger partial charge in [-0.1, -0.05) is 22.0 Å². The van der Waals surface area contributed by atoms with E-state index in [0.29, 0.717) is 57.9 Å². The van der Waals surface area contributed by atoms with Crippen molar-refractivity contribution in [3.63, 3.8) is 0 Å². The molecular formula is C22H27BrN4O4. The number of aromatic nitrogens is 2. The van der Waals surface area contributed by atoms with E-state index in [-0.39, 0.29) is 23.8 Å². The monoisotopic (exact) mass is 490 g/mol. The molecule has 2 amide bonds. The van der Waals surface area contributed by atoms with Gasteiger partial charge in [0.15, 0.2) is 0 Å². The van der Waals surface area contributed by atoms with E-state index in [0.717, 1.165) is 10.2 Å². The molecule has 31 heavy (non-hydrogen) atoms. The van der Waals surface area contributed by atoms with E-state index >= 15 is 0 Å². The number of aryl methyl sites for hydroxylation is 1. The van der Waals surface area contributed by atoms with E-state index in [9.17, 15) is 9.59 Å². The second kappa shape index (κ2) is 9.82. The van der Waals surface area contributed by atoms with Gasteiger partial charge in [0, 0.05) is 62.7 Å². The number of halogens is 1. The zero-order chi connectivity index (χ0) is 21.8. The molecule has 0 bridgehead atoms. The van der Waals surface area contributed by atoms with Gasteiger partial charge in [-0.15, -0.1) is 0 Å². The number of ether oxygens (including phenoxy) is 2. The second-order valence-corrected chi connectivity index (χ2v) is 8.95. The standard InChI is InChI=1S/C22H27BrN4O4/c1-25-14-19(24-15-25)22(29)27-6-5-20(31-18-4-2-3-17(23)12-18)16(13-27)11-21(28)26-7-9-30-10-8-26/h2-4,12,14-16,20H,5-11,13H2,1H3/t16-,20-/m0/s1. The van der Waals surface area contributed by atoms with E-state index in [4.69, 9.17) is 9.47 Å². The number of amides is 2. The first-order valence-corrected chi connectivity index (χ1v) is 11.3. The van der Waals surface area contributed by atoms with Gasteiger partial charge in [-0.25, -0.2) is 4.98 Å². The molecule has 1 aromatic carbocycles. The maximum Gasteiger partial charge on any atom is 0.274 e. The molecule has 4 rings (SSSR count). The minimum Gasteiger partial charge on any atom is -0.490 e. The lowest BCUT2D eigenvalue weighted by Crippen LogP contribution is -2.50. The van der Waals surface area contributed by atoms with Crippen molar-refractivity contribution in [2.75, 3.05) is 39.4 Å². The second-order valence-electron chi connectivity index (χ2n) is 8.04. The highest BCUT2D eigenvalue weighted by Gasteiger charge is 2.36. The Balaban J connectivity index is 1.48. The zero-order valence-corrected chi connectivity index (χ0v) is 19.2. The summed E-state index contributed by atoms with van der Waals surface area (Å²) in [5, 5.41) is 0. The number of carbonyl (C=O) groups is 2. The Morgan fingerprint density at radius 3 is 2.74 bits per heavy atom. The van der Waals surface area contributed by atoms with Crippen LogP contribution in [-0.2, 0) is 16.6 Å². The number of hydrogen-bond acceptors (Lipinski definition) is 5. The first kappa shape index (κ1) is 21.8. The van der Waals surface area contributed by atoms with E-state index in [1.807, 2.05) is 36.2 Å². The Morgan fingerprint density at radius 1 is 1.23 bits per heavy atom. The first-order valence-electron chi connectivity index (χ1n) is 10.5. The molecule has 3 heterocycles. The largest absolute Gasteiger partial charge is 0.490 e. The summed E-state index contributed by atoms with van der Waals surface area (Å²) in [6.45, 7) is 3.39. The summed E-state index contributed by atoms with van der Waals surface area (Å²) < 4.78 is 14.4. The van der Waals surface area contributed by atoms with Crippen molar-refractivity contribution in [3.8, 4) is 5.75 Å². The molecule has 2 atom stereocenters. The molecule has 2 fully saturated rings. The van der Waals surface area contributed by atoms with Crippen LogP contribution in [0, 0.1) is 5.92 Å². The molecular weight excluding hydrogens is 464 g/mol. The molecule has 0 radical (unpaired) electrons. The Bertz CT molecular complexity index is 928. The first-order chi connectivity index (χ1) is 15.0. The lowest BCUT2D eigenvalue weighted by atomic mass is 9.90. The lowest BCUT2D eigenvalue weighted by molar-refractivity contribution is -0.137. The smallest absolute Gasteiger partial charge is 0.274 e. The SMILES string of the molecule is Cn1cnc(C(=O)N2CC[C@H](Oc3cccc(Br)c3)[C@@H](CC(=O)N3CCOCC3)C2)c1. The number of piperidine rings is 1. The van der Waals surface area contributed by atoms with Gasteiger partial charge < -0.3 is 23.8 Å². The van der Waals surface area contributed by atoms with Crippen molar-refractivity contribution in [2.24, 2.45) is 13.0 Å². The quantitative estimate of drug-likeness (QED) is 0.642. The van der Waals surface area contributed by atoms with Crippen LogP contribution in [0.5, 0.6) is 5.75 Å². The Kier molecular flexibility index (Phi) is 6.92. The molecule has 9 heteroatoms. The Labute approximate surface area is 190 Å². The van der Waals surface area contributed by atoms with Gasteiger partial charge in [-0.05, 0) is 18.2 Å². The molecule has 2 aliphatic rings. The van der Waals surface area contributed by atoms with Crippen molar-refractivity contribution in [3.05, 3.63) is 47.0 Å². The van der Waals surface area contributed by atoms with Gasteiger partial charge in [-0.3, -0.25) is 9.59 Å². The molecule has 2 saturated heterocycles. The normalized spacial score (nSPS) is 21.7. The number of morpholine rings is 1. The van der Waals surface area contributed by atoms with Crippen LogP contribution in [0.2, 0.25) is 0 Å². The van der Waals surface area contributed by atoms with Crippen LogP contribution >= 0.6 is 15.9 Å². The summed E-state index contributed by atoms with van der Waals surface area (Å²) in [7, 11) is 1.84. The minimum atomic E-state index is -0.146. The molecule has 0 aliphatic carbocycles. The maximum absolute atomic E-state index is 13.0. The van der Waals surface area contributed by atoms with Crippen molar-refractivity contribution in [2.45, 2.75) is 18.9 Å². The molecule has 0 spiro atoms. The van der Waals surface area contributed by atoms with Gasteiger partial charge in [0.2, 0.25) is 5.91 Å². The summed E-state index contributed by atoms with van der Waals surface area (Å²) in [4.78, 5) is 33.7. The molecule has 2 aliphatic heterocycles. The van der Waals surface area contributed by atoms with Crippen LogP contribution in [0.25, 0.3) is 0 Å². The number of carbonyl (C=O) groups excluding carboxylic acids is 2. The number of nitrogens with zero attached hydrogens (tertiary/aromatic N) is 4. The topological polar surface area (TPSA) is 76.9 Å². The molecule has 0 unspecified atom stereocenters. The molecule has 0 N–H and O–H groups in total. The van der Waals surface area contributed by atoms with E-state index < -0.39 is 0 Å². The third kappa shape index (κ3) is 5.46. The van der Waals surface area contributed by atoms with Crippen LogP contribution in [-0.4, -0.2) is 76.7 Å². The van der Waals surface area contributed by atoms with E-state index in [1.54, 1.807) is 22.0 Å². The van der Waals surface area contributed by atoms with Gasteiger partial charge >= 0.3 is 0 Å². The van der Waals surface area contributed by atoms with Crippen molar-refractivity contribution >= 4 is 27.7 Å². The van der Waals surface area contributed by atoms with Gasteiger partial charge in [0.05, 0.1) is 19.5 Å². The molecule has 8 nitrogen and oxygen atoms in total. The Morgan fingerprint density at radius 2 is 2.03 bits per heavy atom. The Hall–Kier alpha value is -2.39. The van der Waals surface area contributed by atoms with Gasteiger partial charge in [-0.2, -0.15) is 0 Å². The number of rotatable bonds is 5. The average Bonchev–Trinajstić information content (AvgIpc) is 3.21. The third-order valence-corrected chi connectivity index (χ3v) is 6.25. The minimum absolute atomic E-state index is 0.0864. The fraction of sp³-hybridized carbons (Fsp3) is 0.500. The molecule has 2 aromatic rings. The van der Waals surface area contributed by atoms with E-state index in [2.05, 4.69) is 20.9 Å². The van der Waals surface area contributed by atoms with Gasteiger partial charge in [0.25, 0.3) is 5.91 Å². The molecule has 1 aromatic heterocycles. The highest BCUT2D eigenvalue weighted by atomic mass is 79.9. The van der Waals surface area contributed by atoms with Crippen LogP contribution in [0.4, 0.5) is 0 Å². The predicted molar refractivity (Wildman–Crippen MR) is 118 cm³/mol. The number of hydrogen-bond donors (Lipinski definition) is 0. The molecule has 166 valence electrons. The third-order valence-electron chi connectivity index (χ3n) is 5.76. The highest BCUT2D eigenvalue weighted by molar-refractivity contribution is 9.10. The predicted octanol–water partition coefficient (Wildman–Crippen LogP) is 2.34. The summed E-state index contributed by atoms with van der Waals surface area (Å²) >= 11 is 3.48. The van der Waals surface area contributed by atoms with Crippen molar-refractivity contribution in [1.29, 1.82) is 0 Å². The summed E-state index contributed by atoms with van der Waals surface area (Å²) in [5.41, 5.74) is 0.423. The number of likely N-dealkylation sites (tertiary alicyclic amines) is 1. The summed E-state index contributed by atoms with van der Waals surface area (Å²) in [6.07, 6.45) is 4.19. The maximum atomic E-state index is 13.0. The van der Waals surface area contributed by atoms with Crippen LogP contribution in [0.15, 0.2) is 41.3 Å². The molecule has 0 saturated carbocycles. The van der Waals surface area contributed by atoms with Crippen LogP contribution < -0.4 is 4.74 Å². The average molecular weight is 491 g/mol.